The van der Waals surface area contributed by atoms with Gasteiger partial charge in [-0.05, 0) is 44.6 Å². The summed E-state index contributed by atoms with van der Waals surface area (Å²) >= 11 is 0. The number of hydrogen-bond donors (Lipinski definition) is 1. The lowest BCUT2D eigenvalue weighted by Gasteiger charge is -2.08. The van der Waals surface area contributed by atoms with E-state index in [9.17, 15) is 0 Å². The second-order valence-corrected chi connectivity index (χ2v) is 5.32. The van der Waals surface area contributed by atoms with Crippen LogP contribution in [0.15, 0.2) is 0 Å². The summed E-state index contributed by atoms with van der Waals surface area (Å²) in [7, 11) is 0. The Morgan fingerprint density at radius 1 is 0.875 bits per heavy atom. The Balaban J connectivity index is 2.93. The maximum atomic E-state index is 5.59. The molecule has 0 bridgehead atoms. The van der Waals surface area contributed by atoms with Gasteiger partial charge in [-0.2, -0.15) is 0 Å². The first-order valence-corrected chi connectivity index (χ1v) is 6.94. The molecule has 0 saturated heterocycles. The van der Waals surface area contributed by atoms with E-state index in [0.717, 1.165) is 25.7 Å². The van der Waals surface area contributed by atoms with Gasteiger partial charge in [-0.1, -0.05) is 27.7 Å². The molecule has 0 amide bonds. The van der Waals surface area contributed by atoms with Gasteiger partial charge in [0.05, 0.1) is 0 Å². The van der Waals surface area contributed by atoms with Gasteiger partial charge in [0.25, 0.3) is 0 Å². The number of ether oxygens (including phenoxy) is 1. The number of unbranched alkanes of at least 4 members (excludes halogenated alkanes) is 2. The monoisotopic (exact) mass is 229 g/mol. The van der Waals surface area contributed by atoms with Crippen LogP contribution in [0.4, 0.5) is 0 Å². The maximum absolute atomic E-state index is 5.59. The van der Waals surface area contributed by atoms with Gasteiger partial charge in [0.15, 0.2) is 0 Å². The van der Waals surface area contributed by atoms with Crippen molar-refractivity contribution in [3.63, 3.8) is 0 Å². The summed E-state index contributed by atoms with van der Waals surface area (Å²) < 4.78 is 5.59. The highest BCUT2D eigenvalue weighted by Gasteiger charge is 1.95. The first-order chi connectivity index (χ1) is 7.63. The normalized spacial score (nSPS) is 11.6. The molecule has 0 aliphatic rings. The Bertz CT molecular complexity index is 119. The smallest absolute Gasteiger partial charge is 0.0466 e. The van der Waals surface area contributed by atoms with E-state index in [4.69, 9.17) is 4.74 Å². The lowest BCUT2D eigenvalue weighted by molar-refractivity contribution is 0.124. The fourth-order valence-electron chi connectivity index (χ4n) is 1.59. The molecule has 0 fully saturated rings. The van der Waals surface area contributed by atoms with Crippen molar-refractivity contribution < 1.29 is 4.74 Å². The quantitative estimate of drug-likeness (QED) is 0.547. The highest BCUT2D eigenvalue weighted by molar-refractivity contribution is 4.52. The first kappa shape index (κ1) is 15.9. The second kappa shape index (κ2) is 11.4. The molecule has 0 aromatic heterocycles. The van der Waals surface area contributed by atoms with Gasteiger partial charge in [0.2, 0.25) is 0 Å². The molecule has 16 heavy (non-hydrogen) atoms. The highest BCUT2D eigenvalue weighted by atomic mass is 16.5. The van der Waals surface area contributed by atoms with E-state index in [0.29, 0.717) is 6.04 Å². The van der Waals surface area contributed by atoms with Crippen molar-refractivity contribution in [2.45, 2.75) is 65.8 Å². The van der Waals surface area contributed by atoms with Crippen LogP contribution < -0.4 is 5.32 Å². The molecule has 2 heteroatoms. The molecule has 0 aromatic carbocycles. The molecule has 0 aliphatic carbocycles. The molecule has 0 heterocycles. The molecule has 98 valence electrons. The highest BCUT2D eigenvalue weighted by Crippen LogP contribution is 2.03. The molecule has 0 unspecified atom stereocenters. The van der Waals surface area contributed by atoms with Crippen LogP contribution in [0.1, 0.15) is 59.8 Å². The Kier molecular flexibility index (Phi) is 11.3. The molecule has 0 saturated carbocycles. The molecule has 2 nitrogen and oxygen atoms in total. The fraction of sp³-hybridized carbons (Fsp3) is 1.00. The zero-order chi connectivity index (χ0) is 12.2. The molecular formula is C14H31NO. The lowest BCUT2D eigenvalue weighted by atomic mass is 10.1. The largest absolute Gasteiger partial charge is 0.381 e. The van der Waals surface area contributed by atoms with Crippen molar-refractivity contribution in [3.05, 3.63) is 0 Å². The summed E-state index contributed by atoms with van der Waals surface area (Å²) in [6.45, 7) is 12.0. The molecular weight excluding hydrogens is 198 g/mol. The van der Waals surface area contributed by atoms with Crippen LogP contribution in [-0.4, -0.2) is 25.8 Å². The SMILES string of the molecule is CC(C)CCCOCCCCCNC(C)C. The van der Waals surface area contributed by atoms with Crippen molar-refractivity contribution in [3.8, 4) is 0 Å². The average Bonchev–Trinajstić information content (AvgIpc) is 2.20. The van der Waals surface area contributed by atoms with Crippen LogP contribution in [0.2, 0.25) is 0 Å². The number of rotatable bonds is 11. The summed E-state index contributed by atoms with van der Waals surface area (Å²) in [5.74, 6) is 0.811. The minimum absolute atomic E-state index is 0.618. The van der Waals surface area contributed by atoms with E-state index < -0.39 is 0 Å². The summed E-state index contributed by atoms with van der Waals surface area (Å²) in [5.41, 5.74) is 0. The number of nitrogens with one attached hydrogen (secondary N) is 1. The topological polar surface area (TPSA) is 21.3 Å². The van der Waals surface area contributed by atoms with Crippen molar-refractivity contribution in [2.24, 2.45) is 5.92 Å². The Morgan fingerprint density at radius 3 is 2.19 bits per heavy atom. The van der Waals surface area contributed by atoms with Gasteiger partial charge in [-0.3, -0.25) is 0 Å². The molecule has 1 N–H and O–H groups in total. The van der Waals surface area contributed by atoms with Crippen molar-refractivity contribution >= 4 is 0 Å². The van der Waals surface area contributed by atoms with Gasteiger partial charge in [-0.25, -0.2) is 0 Å². The third-order valence-corrected chi connectivity index (χ3v) is 2.59. The van der Waals surface area contributed by atoms with E-state index in [1.165, 1.54) is 32.1 Å². The van der Waals surface area contributed by atoms with E-state index in [1.807, 2.05) is 0 Å². The van der Waals surface area contributed by atoms with E-state index >= 15 is 0 Å². The van der Waals surface area contributed by atoms with E-state index in [2.05, 4.69) is 33.0 Å². The first-order valence-electron chi connectivity index (χ1n) is 6.94. The maximum Gasteiger partial charge on any atom is 0.0466 e. The van der Waals surface area contributed by atoms with Crippen molar-refractivity contribution in [1.29, 1.82) is 0 Å². The van der Waals surface area contributed by atoms with Crippen LogP contribution >= 0.6 is 0 Å². The Labute approximate surface area is 102 Å². The summed E-state index contributed by atoms with van der Waals surface area (Å²) in [6.07, 6.45) is 6.27. The molecule has 0 rings (SSSR count). The standard InChI is InChI=1S/C14H31NO/c1-13(2)9-8-12-16-11-7-5-6-10-15-14(3)4/h13-15H,5-12H2,1-4H3. The predicted molar refractivity (Wildman–Crippen MR) is 71.9 cm³/mol. The predicted octanol–water partition coefficient (Wildman–Crippen LogP) is 3.61. The molecule has 0 atom stereocenters. The summed E-state index contributed by atoms with van der Waals surface area (Å²) in [5, 5.41) is 3.43. The molecule has 0 spiro atoms. The van der Waals surface area contributed by atoms with Gasteiger partial charge >= 0.3 is 0 Å². The van der Waals surface area contributed by atoms with Crippen LogP contribution in [0.25, 0.3) is 0 Å². The lowest BCUT2D eigenvalue weighted by Crippen LogP contribution is -2.23. The fourth-order valence-corrected chi connectivity index (χ4v) is 1.59. The zero-order valence-corrected chi connectivity index (χ0v) is 11.7. The van der Waals surface area contributed by atoms with E-state index in [1.54, 1.807) is 0 Å². The van der Waals surface area contributed by atoms with Crippen LogP contribution in [0, 0.1) is 5.92 Å². The Hall–Kier alpha value is -0.0800. The minimum atomic E-state index is 0.618. The van der Waals surface area contributed by atoms with Crippen molar-refractivity contribution in [1.82, 2.24) is 5.32 Å². The van der Waals surface area contributed by atoms with E-state index in [-0.39, 0.29) is 0 Å². The number of hydrogen-bond acceptors (Lipinski definition) is 2. The zero-order valence-electron chi connectivity index (χ0n) is 11.7. The molecule has 0 radical (unpaired) electrons. The molecule has 0 aromatic rings. The van der Waals surface area contributed by atoms with Gasteiger partial charge in [-0.15, -0.1) is 0 Å². The molecule has 0 aliphatic heterocycles. The Morgan fingerprint density at radius 2 is 1.56 bits per heavy atom. The second-order valence-electron chi connectivity index (χ2n) is 5.32. The third-order valence-electron chi connectivity index (χ3n) is 2.59. The average molecular weight is 229 g/mol. The summed E-state index contributed by atoms with van der Waals surface area (Å²) in [6, 6.07) is 0.618. The van der Waals surface area contributed by atoms with Gasteiger partial charge < -0.3 is 10.1 Å². The minimum Gasteiger partial charge on any atom is -0.381 e. The van der Waals surface area contributed by atoms with Crippen LogP contribution in [-0.2, 0) is 4.74 Å². The third kappa shape index (κ3) is 13.9. The van der Waals surface area contributed by atoms with Crippen LogP contribution in [0.5, 0.6) is 0 Å². The summed E-state index contributed by atoms with van der Waals surface area (Å²) in [4.78, 5) is 0. The van der Waals surface area contributed by atoms with Gasteiger partial charge in [0.1, 0.15) is 0 Å². The van der Waals surface area contributed by atoms with Crippen molar-refractivity contribution in [2.75, 3.05) is 19.8 Å². The van der Waals surface area contributed by atoms with Crippen LogP contribution in [0.3, 0.4) is 0 Å². The van der Waals surface area contributed by atoms with Gasteiger partial charge in [0, 0.05) is 19.3 Å².